The predicted octanol–water partition coefficient (Wildman–Crippen LogP) is 2.88. The third kappa shape index (κ3) is 4.23. The third-order valence-electron chi connectivity index (χ3n) is 4.52. The van der Waals surface area contributed by atoms with E-state index in [1.165, 1.54) is 36.7 Å². The number of nitrogens with zero attached hydrogens (tertiary/aromatic N) is 4. The van der Waals surface area contributed by atoms with Gasteiger partial charge >= 0.3 is 0 Å². The van der Waals surface area contributed by atoms with Gasteiger partial charge in [0.05, 0.1) is 17.2 Å². The van der Waals surface area contributed by atoms with Crippen molar-refractivity contribution in [3.63, 3.8) is 0 Å². The minimum Gasteiger partial charge on any atom is -0.490 e. The van der Waals surface area contributed by atoms with Gasteiger partial charge in [0.25, 0.3) is 15.9 Å². The second-order valence-electron chi connectivity index (χ2n) is 6.70. The fourth-order valence-corrected chi connectivity index (χ4v) is 4.09. The van der Waals surface area contributed by atoms with Gasteiger partial charge in [-0.1, -0.05) is 0 Å². The first-order valence-electron chi connectivity index (χ1n) is 9.71. The van der Waals surface area contributed by atoms with Crippen molar-refractivity contribution < 1.29 is 17.9 Å². The normalized spacial score (nSPS) is 11.3. The van der Waals surface area contributed by atoms with Crippen LogP contribution in [0.4, 0.5) is 11.6 Å². The first-order valence-corrected chi connectivity index (χ1v) is 11.2. The highest BCUT2D eigenvalue weighted by molar-refractivity contribution is 7.92. The second-order valence-corrected chi connectivity index (χ2v) is 8.38. The molecule has 4 rings (SSSR count). The molecule has 3 aromatic heterocycles. The maximum atomic E-state index is 12.9. The number of ether oxygens (including phenoxy) is 1. The van der Waals surface area contributed by atoms with Gasteiger partial charge in [-0.3, -0.25) is 9.20 Å². The van der Waals surface area contributed by atoms with E-state index in [0.29, 0.717) is 35.1 Å². The Bertz CT molecular complexity index is 1370. The Kier molecular flexibility index (Phi) is 5.73. The average molecular weight is 452 g/mol. The van der Waals surface area contributed by atoms with Crippen molar-refractivity contribution in [2.75, 3.05) is 16.6 Å². The van der Waals surface area contributed by atoms with Crippen LogP contribution < -0.4 is 14.8 Å². The van der Waals surface area contributed by atoms with Crippen LogP contribution in [0, 0.1) is 6.92 Å². The number of pyridine rings is 1. The van der Waals surface area contributed by atoms with Gasteiger partial charge in [-0.05, 0) is 56.3 Å². The van der Waals surface area contributed by atoms with Gasteiger partial charge in [-0.15, -0.1) is 0 Å². The van der Waals surface area contributed by atoms with Crippen LogP contribution in [0.15, 0.2) is 66.0 Å². The van der Waals surface area contributed by atoms with Crippen LogP contribution in [0.1, 0.15) is 23.1 Å². The predicted molar refractivity (Wildman–Crippen MR) is 118 cm³/mol. The molecule has 0 spiro atoms. The Morgan fingerprint density at radius 3 is 2.50 bits per heavy atom. The van der Waals surface area contributed by atoms with Gasteiger partial charge < -0.3 is 10.1 Å². The summed E-state index contributed by atoms with van der Waals surface area (Å²) in [6.45, 7) is 4.09. The smallest absolute Gasteiger partial charge is 0.274 e. The summed E-state index contributed by atoms with van der Waals surface area (Å²) in [5.74, 6) is 0.177. The zero-order valence-corrected chi connectivity index (χ0v) is 18.1. The number of carbonyl (C=O) groups excluding carboxylic acids is 1. The van der Waals surface area contributed by atoms with Crippen LogP contribution in [-0.2, 0) is 10.0 Å². The lowest BCUT2D eigenvalue weighted by molar-refractivity contribution is 0.102. The van der Waals surface area contributed by atoms with Crippen LogP contribution in [0.5, 0.6) is 5.75 Å². The highest BCUT2D eigenvalue weighted by atomic mass is 32.2. The number of imidazole rings is 1. The summed E-state index contributed by atoms with van der Waals surface area (Å²) in [6.07, 6.45) is 4.60. The van der Waals surface area contributed by atoms with E-state index in [4.69, 9.17) is 4.74 Å². The average Bonchev–Trinajstić information content (AvgIpc) is 3.11. The minimum absolute atomic E-state index is 0.00953. The number of carbonyl (C=O) groups is 1. The molecule has 11 heteroatoms. The van der Waals surface area contributed by atoms with Crippen molar-refractivity contribution in [1.82, 2.24) is 19.4 Å². The van der Waals surface area contributed by atoms with E-state index in [1.54, 1.807) is 35.7 Å². The largest absolute Gasteiger partial charge is 0.490 e. The molecule has 4 aromatic rings. The van der Waals surface area contributed by atoms with Crippen LogP contribution in [-0.4, -0.2) is 40.3 Å². The molecule has 0 aliphatic carbocycles. The SMILES string of the molecule is CCOc1cccn2c(C(=O)Nc3ccc(S(=O)(=O)Nc4ncccn4)cc3)c(C)nc12. The molecular weight excluding hydrogens is 432 g/mol. The first kappa shape index (κ1) is 21.2. The third-order valence-corrected chi connectivity index (χ3v) is 5.86. The van der Waals surface area contributed by atoms with Crippen molar-refractivity contribution in [2.24, 2.45) is 0 Å². The zero-order chi connectivity index (χ0) is 22.7. The summed E-state index contributed by atoms with van der Waals surface area (Å²) in [7, 11) is -3.86. The molecule has 2 N–H and O–H groups in total. The highest BCUT2D eigenvalue weighted by Gasteiger charge is 2.20. The Morgan fingerprint density at radius 1 is 1.09 bits per heavy atom. The van der Waals surface area contributed by atoms with Crippen LogP contribution in [0.3, 0.4) is 0 Å². The van der Waals surface area contributed by atoms with E-state index >= 15 is 0 Å². The van der Waals surface area contributed by atoms with E-state index in [1.807, 2.05) is 6.92 Å². The Labute approximate surface area is 184 Å². The lowest BCUT2D eigenvalue weighted by atomic mass is 10.3. The number of anilines is 2. The van der Waals surface area contributed by atoms with Gasteiger partial charge in [0.2, 0.25) is 5.95 Å². The summed E-state index contributed by atoms with van der Waals surface area (Å²) in [4.78, 5) is 25.1. The molecule has 3 heterocycles. The fourth-order valence-electron chi connectivity index (χ4n) is 3.14. The number of fused-ring (bicyclic) bond motifs is 1. The number of hydrogen-bond donors (Lipinski definition) is 2. The molecule has 1 amide bonds. The minimum atomic E-state index is -3.86. The quantitative estimate of drug-likeness (QED) is 0.441. The number of rotatable bonds is 7. The maximum Gasteiger partial charge on any atom is 0.274 e. The monoisotopic (exact) mass is 452 g/mol. The summed E-state index contributed by atoms with van der Waals surface area (Å²) in [5.41, 5.74) is 1.88. The molecule has 1 aromatic carbocycles. The fraction of sp³-hybridized carbons (Fsp3) is 0.143. The molecular formula is C21H20N6O4S. The van der Waals surface area contributed by atoms with Crippen LogP contribution in [0.2, 0.25) is 0 Å². The van der Waals surface area contributed by atoms with Crippen molar-refractivity contribution >= 4 is 33.2 Å². The van der Waals surface area contributed by atoms with Crippen molar-refractivity contribution in [3.05, 3.63) is 72.4 Å². The molecule has 0 saturated carbocycles. The molecule has 0 saturated heterocycles. The Hall–Kier alpha value is -3.99. The molecule has 0 fully saturated rings. The number of aromatic nitrogens is 4. The molecule has 0 atom stereocenters. The standard InChI is InChI=1S/C21H20N6O4S/c1-3-31-17-6-4-13-27-18(14(2)24-19(17)27)20(28)25-15-7-9-16(10-8-15)32(29,30)26-21-22-11-5-12-23-21/h4-13H,3H2,1-2H3,(H,25,28)(H,22,23,26). The summed E-state index contributed by atoms with van der Waals surface area (Å²) >= 11 is 0. The number of nitrogens with one attached hydrogen (secondary N) is 2. The second kappa shape index (κ2) is 8.63. The molecule has 164 valence electrons. The van der Waals surface area contributed by atoms with E-state index in [9.17, 15) is 13.2 Å². The van der Waals surface area contributed by atoms with Crippen LogP contribution in [0.25, 0.3) is 5.65 Å². The number of sulfonamides is 1. The van der Waals surface area contributed by atoms with Gasteiger partial charge in [0, 0.05) is 24.3 Å². The Balaban J connectivity index is 1.55. The van der Waals surface area contributed by atoms with E-state index < -0.39 is 10.0 Å². The molecule has 10 nitrogen and oxygen atoms in total. The van der Waals surface area contributed by atoms with Gasteiger partial charge in [0.15, 0.2) is 11.4 Å². The molecule has 0 aliphatic rings. The zero-order valence-electron chi connectivity index (χ0n) is 17.3. The maximum absolute atomic E-state index is 12.9. The first-order chi connectivity index (χ1) is 15.4. The van der Waals surface area contributed by atoms with E-state index in [0.717, 1.165) is 0 Å². The number of hydrogen-bond acceptors (Lipinski definition) is 7. The van der Waals surface area contributed by atoms with Gasteiger partial charge in [-0.25, -0.2) is 28.1 Å². The van der Waals surface area contributed by atoms with E-state index in [-0.39, 0.29) is 16.8 Å². The summed E-state index contributed by atoms with van der Waals surface area (Å²) < 4.78 is 34.5. The molecule has 32 heavy (non-hydrogen) atoms. The van der Waals surface area contributed by atoms with Crippen LogP contribution >= 0.6 is 0 Å². The lowest BCUT2D eigenvalue weighted by Gasteiger charge is -2.09. The van der Waals surface area contributed by atoms with Gasteiger partial charge in [-0.2, -0.15) is 0 Å². The molecule has 0 radical (unpaired) electrons. The number of aryl methyl sites for hydroxylation is 1. The van der Waals surface area contributed by atoms with Crippen molar-refractivity contribution in [2.45, 2.75) is 18.7 Å². The summed E-state index contributed by atoms with van der Waals surface area (Å²) in [5, 5.41) is 2.78. The summed E-state index contributed by atoms with van der Waals surface area (Å²) in [6, 6.07) is 10.9. The van der Waals surface area contributed by atoms with Gasteiger partial charge in [0.1, 0.15) is 5.69 Å². The topological polar surface area (TPSA) is 128 Å². The molecule has 0 bridgehead atoms. The van der Waals surface area contributed by atoms with E-state index in [2.05, 4.69) is 25.0 Å². The lowest BCUT2D eigenvalue weighted by Crippen LogP contribution is -2.17. The van der Waals surface area contributed by atoms with Crippen molar-refractivity contribution in [3.8, 4) is 5.75 Å². The number of benzene rings is 1. The highest BCUT2D eigenvalue weighted by Crippen LogP contribution is 2.23. The molecule has 0 aliphatic heterocycles. The van der Waals surface area contributed by atoms with Crippen molar-refractivity contribution in [1.29, 1.82) is 0 Å². The molecule has 0 unspecified atom stereocenters. The number of amides is 1. The Morgan fingerprint density at radius 2 is 1.81 bits per heavy atom.